The first-order valence-corrected chi connectivity index (χ1v) is 13.3. The number of Topliss-reactive ketones (excluding diaryl/α,β-unsaturated/α-hetero) is 1. The molecule has 0 radical (unpaired) electrons. The van der Waals surface area contributed by atoms with Crippen LogP contribution in [0.4, 0.5) is 4.39 Å². The highest BCUT2D eigenvalue weighted by Crippen LogP contribution is 2.35. The van der Waals surface area contributed by atoms with Crippen molar-refractivity contribution in [2.24, 2.45) is 0 Å². The highest BCUT2D eigenvalue weighted by molar-refractivity contribution is 7.99. The maximum atomic E-state index is 13.8. The molecule has 0 spiro atoms. The van der Waals surface area contributed by atoms with Gasteiger partial charge < -0.3 is 9.30 Å². The number of carbonyl (C=O) groups excluding carboxylic acids is 1. The molecule has 0 aliphatic heterocycles. The van der Waals surface area contributed by atoms with Crippen molar-refractivity contribution < 1.29 is 13.9 Å². The summed E-state index contributed by atoms with van der Waals surface area (Å²) in [7, 11) is 0. The lowest BCUT2D eigenvalue weighted by molar-refractivity contribution is 0.102. The third kappa shape index (κ3) is 5.13. The summed E-state index contributed by atoms with van der Waals surface area (Å²) < 4.78 is 23.0. The highest BCUT2D eigenvalue weighted by Gasteiger charge is 2.24. The van der Waals surface area contributed by atoms with E-state index in [9.17, 15) is 9.18 Å². The fourth-order valence-electron chi connectivity index (χ4n) is 4.54. The molecule has 0 aliphatic rings. The van der Waals surface area contributed by atoms with Crippen molar-refractivity contribution in [2.75, 3.05) is 5.75 Å². The van der Waals surface area contributed by atoms with E-state index in [1.807, 2.05) is 53.1 Å². The number of aryl methyl sites for hydroxylation is 1. The van der Waals surface area contributed by atoms with Crippen LogP contribution in [0.25, 0.3) is 22.2 Å². The minimum absolute atomic E-state index is 0.0227. The first-order valence-electron chi connectivity index (χ1n) is 12.3. The largest absolute Gasteiger partial charge is 0.486 e. The normalized spacial score (nSPS) is 11.1. The summed E-state index contributed by atoms with van der Waals surface area (Å²) in [5.41, 5.74) is 3.70. The van der Waals surface area contributed by atoms with Gasteiger partial charge in [0, 0.05) is 24.0 Å². The second-order valence-electron chi connectivity index (χ2n) is 8.60. The molecule has 192 valence electrons. The zero-order valence-electron chi connectivity index (χ0n) is 21.0. The Kier molecular flexibility index (Phi) is 7.70. The summed E-state index contributed by atoms with van der Waals surface area (Å²) in [6.07, 6.45) is 1.75. The molecule has 2 heterocycles. The third-order valence-corrected chi connectivity index (χ3v) is 7.20. The van der Waals surface area contributed by atoms with Gasteiger partial charge in [0.15, 0.2) is 16.8 Å². The van der Waals surface area contributed by atoms with Gasteiger partial charge >= 0.3 is 0 Å². The van der Waals surface area contributed by atoms with Gasteiger partial charge in [-0.3, -0.25) is 9.36 Å². The number of aromatic nitrogens is 4. The standard InChI is InChI=1S/C30H27FN4O2S/c1-3-18-35-27(19-37-23-16-14-22(31)15-17-23)32-33-30(35)38-20-26(36)28-24-12-8-9-13-25(24)34(4-2)29(28)21-10-6-5-7-11-21/h3,5-17H,1,4,18-20H2,2H3. The van der Waals surface area contributed by atoms with Gasteiger partial charge in [0.25, 0.3) is 0 Å². The fraction of sp³-hybridized carbons (Fsp3) is 0.167. The predicted molar refractivity (Wildman–Crippen MR) is 149 cm³/mol. The van der Waals surface area contributed by atoms with Crippen molar-refractivity contribution in [2.45, 2.75) is 31.8 Å². The van der Waals surface area contributed by atoms with Gasteiger partial charge in [0.2, 0.25) is 0 Å². The summed E-state index contributed by atoms with van der Waals surface area (Å²) >= 11 is 1.34. The van der Waals surface area contributed by atoms with Crippen LogP contribution in [0.15, 0.2) is 96.7 Å². The zero-order chi connectivity index (χ0) is 26.5. The summed E-state index contributed by atoms with van der Waals surface area (Å²) in [5.74, 6) is 1.02. The molecule has 0 aliphatic carbocycles. The van der Waals surface area contributed by atoms with Gasteiger partial charge in [-0.05, 0) is 42.8 Å². The molecule has 0 unspecified atom stereocenters. The van der Waals surface area contributed by atoms with E-state index >= 15 is 0 Å². The van der Waals surface area contributed by atoms with Crippen molar-refractivity contribution >= 4 is 28.4 Å². The number of hydrogen-bond donors (Lipinski definition) is 0. The molecule has 2 aromatic heterocycles. The second-order valence-corrected chi connectivity index (χ2v) is 9.55. The van der Waals surface area contributed by atoms with Crippen LogP contribution in [-0.4, -0.2) is 30.9 Å². The van der Waals surface area contributed by atoms with E-state index in [4.69, 9.17) is 4.74 Å². The lowest BCUT2D eigenvalue weighted by Crippen LogP contribution is -2.09. The van der Waals surface area contributed by atoms with Crippen molar-refractivity contribution in [1.82, 2.24) is 19.3 Å². The van der Waals surface area contributed by atoms with Crippen LogP contribution in [0.2, 0.25) is 0 Å². The highest BCUT2D eigenvalue weighted by atomic mass is 32.2. The molecule has 0 amide bonds. The van der Waals surface area contributed by atoms with Crippen LogP contribution < -0.4 is 4.74 Å². The summed E-state index contributed by atoms with van der Waals surface area (Å²) in [4.78, 5) is 13.8. The van der Waals surface area contributed by atoms with E-state index in [0.29, 0.717) is 23.3 Å². The number of halogens is 1. The number of ketones is 1. The second kappa shape index (κ2) is 11.5. The zero-order valence-corrected chi connectivity index (χ0v) is 21.8. The Morgan fingerprint density at radius 2 is 1.74 bits per heavy atom. The molecule has 38 heavy (non-hydrogen) atoms. The van der Waals surface area contributed by atoms with E-state index in [1.54, 1.807) is 18.2 Å². The Bertz CT molecular complexity index is 1580. The average Bonchev–Trinajstić information content (AvgIpc) is 3.50. The molecule has 3 aromatic carbocycles. The molecule has 0 atom stereocenters. The van der Waals surface area contributed by atoms with Crippen molar-refractivity contribution in [3.05, 3.63) is 109 Å². The summed E-state index contributed by atoms with van der Waals surface area (Å²) in [6, 6.07) is 23.9. The first-order chi connectivity index (χ1) is 18.6. The molecule has 0 N–H and O–H groups in total. The smallest absolute Gasteiger partial charge is 0.192 e. The van der Waals surface area contributed by atoms with Gasteiger partial charge in [0.1, 0.15) is 18.2 Å². The van der Waals surface area contributed by atoms with Gasteiger partial charge in [-0.2, -0.15) is 0 Å². The van der Waals surface area contributed by atoms with Gasteiger partial charge in [-0.15, -0.1) is 16.8 Å². The van der Waals surface area contributed by atoms with Crippen LogP contribution in [0.1, 0.15) is 23.1 Å². The van der Waals surface area contributed by atoms with Crippen LogP contribution in [-0.2, 0) is 19.7 Å². The average molecular weight is 527 g/mol. The van der Waals surface area contributed by atoms with Crippen LogP contribution in [0.3, 0.4) is 0 Å². The van der Waals surface area contributed by atoms with E-state index in [0.717, 1.165) is 34.3 Å². The van der Waals surface area contributed by atoms with E-state index in [-0.39, 0.29) is 24.0 Å². The third-order valence-electron chi connectivity index (χ3n) is 6.23. The van der Waals surface area contributed by atoms with Crippen LogP contribution in [0, 0.1) is 5.82 Å². The van der Waals surface area contributed by atoms with Crippen LogP contribution >= 0.6 is 11.8 Å². The Morgan fingerprint density at radius 1 is 1.00 bits per heavy atom. The topological polar surface area (TPSA) is 61.9 Å². The van der Waals surface area contributed by atoms with Crippen LogP contribution in [0.5, 0.6) is 5.75 Å². The maximum absolute atomic E-state index is 13.8. The number of benzene rings is 3. The molecule has 0 saturated heterocycles. The number of nitrogens with zero attached hydrogens (tertiary/aromatic N) is 4. The van der Waals surface area contributed by atoms with Crippen molar-refractivity contribution in [3.63, 3.8) is 0 Å². The summed E-state index contributed by atoms with van der Waals surface area (Å²) in [6.45, 7) is 7.31. The molecule has 5 rings (SSSR count). The van der Waals surface area contributed by atoms with Crippen molar-refractivity contribution in [3.8, 4) is 17.0 Å². The molecule has 8 heteroatoms. The Balaban J connectivity index is 1.41. The lowest BCUT2D eigenvalue weighted by Gasteiger charge is -2.11. The molecular formula is C30H27FN4O2S. The molecule has 5 aromatic rings. The van der Waals surface area contributed by atoms with Gasteiger partial charge in [0.05, 0.1) is 17.0 Å². The van der Waals surface area contributed by atoms with Gasteiger partial charge in [-0.25, -0.2) is 4.39 Å². The number of fused-ring (bicyclic) bond motifs is 1. The minimum Gasteiger partial charge on any atom is -0.486 e. The quantitative estimate of drug-likeness (QED) is 0.108. The molecule has 0 saturated carbocycles. The Labute approximate surface area is 224 Å². The molecule has 0 fully saturated rings. The lowest BCUT2D eigenvalue weighted by atomic mass is 10.0. The molecule has 0 bridgehead atoms. The first kappa shape index (κ1) is 25.5. The number of allylic oxidation sites excluding steroid dienone is 1. The van der Waals surface area contributed by atoms with Crippen molar-refractivity contribution in [1.29, 1.82) is 0 Å². The number of thioether (sulfide) groups is 1. The molecule has 6 nitrogen and oxygen atoms in total. The maximum Gasteiger partial charge on any atom is 0.192 e. The number of rotatable bonds is 11. The monoisotopic (exact) mass is 526 g/mol. The van der Waals surface area contributed by atoms with Gasteiger partial charge in [-0.1, -0.05) is 66.4 Å². The fourth-order valence-corrected chi connectivity index (χ4v) is 5.38. The SMILES string of the molecule is C=CCn1c(COc2ccc(F)cc2)nnc1SCC(=O)c1c(-c2ccccc2)n(CC)c2ccccc12. The number of ether oxygens (including phenoxy) is 1. The van der Waals surface area contributed by atoms with E-state index in [2.05, 4.69) is 34.3 Å². The molecular weight excluding hydrogens is 499 g/mol. The number of hydrogen-bond acceptors (Lipinski definition) is 5. The minimum atomic E-state index is -0.326. The Morgan fingerprint density at radius 3 is 2.47 bits per heavy atom. The van der Waals surface area contributed by atoms with E-state index in [1.165, 1.54) is 23.9 Å². The van der Waals surface area contributed by atoms with E-state index < -0.39 is 0 Å². The number of para-hydroxylation sites is 1. The number of carbonyl (C=O) groups is 1. The predicted octanol–water partition coefficient (Wildman–Crippen LogP) is 6.80. The summed E-state index contributed by atoms with van der Waals surface area (Å²) in [5, 5.41) is 10.2. The Hall–Kier alpha value is -4.17.